The largest absolute Gasteiger partial charge is 0.361 e. The third kappa shape index (κ3) is 3.78. The molecule has 0 bridgehead atoms. The molecule has 0 fully saturated rings. The fourth-order valence-corrected chi connectivity index (χ4v) is 3.92. The van der Waals surface area contributed by atoms with E-state index in [0.717, 1.165) is 21.8 Å². The average molecular weight is 435 g/mol. The molecule has 1 aromatic carbocycles. The molecule has 1 aliphatic rings. The van der Waals surface area contributed by atoms with Gasteiger partial charge in [0.2, 0.25) is 5.91 Å². The van der Waals surface area contributed by atoms with E-state index in [9.17, 15) is 4.79 Å². The van der Waals surface area contributed by atoms with Crippen molar-refractivity contribution in [3.8, 4) is 0 Å². The van der Waals surface area contributed by atoms with Gasteiger partial charge in [0.1, 0.15) is 11.1 Å². The van der Waals surface area contributed by atoms with Gasteiger partial charge in [0.25, 0.3) is 0 Å². The van der Waals surface area contributed by atoms with Crippen molar-refractivity contribution in [1.29, 1.82) is 0 Å². The van der Waals surface area contributed by atoms with Crippen molar-refractivity contribution < 1.29 is 9.53 Å². The van der Waals surface area contributed by atoms with Crippen molar-refractivity contribution in [3.05, 3.63) is 28.2 Å². The highest BCUT2D eigenvalue weighted by atomic mass is 79.9. The van der Waals surface area contributed by atoms with Gasteiger partial charge >= 0.3 is 0 Å². The molecule has 0 N–H and O–H groups in total. The lowest BCUT2D eigenvalue weighted by atomic mass is 10.0. The minimum Gasteiger partial charge on any atom is -0.361 e. The highest BCUT2D eigenvalue weighted by molar-refractivity contribution is 9.10. The summed E-state index contributed by atoms with van der Waals surface area (Å²) in [6.07, 6.45) is 0. The van der Waals surface area contributed by atoms with Gasteiger partial charge in [-0.05, 0) is 25.1 Å². The first-order valence-corrected chi connectivity index (χ1v) is 12.3. The van der Waals surface area contributed by atoms with Crippen LogP contribution in [0.15, 0.2) is 22.7 Å². The summed E-state index contributed by atoms with van der Waals surface area (Å²) in [5.41, 5.74) is 1.91. The predicted molar refractivity (Wildman–Crippen MR) is 96.9 cm³/mol. The zero-order chi connectivity index (χ0) is 15.8. The van der Waals surface area contributed by atoms with Crippen molar-refractivity contribution in [2.24, 2.45) is 0 Å². The SMILES string of the molecule is CC1(Br)C(=O)N(COCC[Si](C)(C)C)c2cc(Br)ccc21. The molecular weight excluding hydrogens is 414 g/mol. The summed E-state index contributed by atoms with van der Waals surface area (Å²) in [6, 6.07) is 7.02. The standard InChI is InChI=1S/C15H21Br2NO2Si/c1-15(17)12-6-5-11(16)9-13(12)18(14(15)19)10-20-7-8-21(2,3)4/h5-6,9H,7-8,10H2,1-4H3. The molecule has 1 heterocycles. The zero-order valence-corrected chi connectivity index (χ0v) is 17.0. The van der Waals surface area contributed by atoms with E-state index in [2.05, 4.69) is 51.5 Å². The Bertz CT molecular complexity index is 555. The van der Waals surface area contributed by atoms with Gasteiger partial charge < -0.3 is 4.74 Å². The molecule has 0 radical (unpaired) electrons. The second-order valence-corrected chi connectivity index (χ2v) is 14.9. The molecule has 1 unspecified atom stereocenters. The second-order valence-electron chi connectivity index (χ2n) is 6.75. The van der Waals surface area contributed by atoms with Crippen molar-refractivity contribution >= 4 is 51.5 Å². The average Bonchev–Trinajstić information content (AvgIpc) is 2.53. The molecule has 2 rings (SSSR count). The van der Waals surface area contributed by atoms with E-state index >= 15 is 0 Å². The molecule has 0 aromatic heterocycles. The first kappa shape index (κ1) is 17.2. The Balaban J connectivity index is 2.11. The van der Waals surface area contributed by atoms with Crippen molar-refractivity contribution in [1.82, 2.24) is 0 Å². The van der Waals surface area contributed by atoms with Crippen LogP contribution in [0.4, 0.5) is 5.69 Å². The van der Waals surface area contributed by atoms with Crippen LogP contribution in [-0.4, -0.2) is 27.3 Å². The fraction of sp³-hybridized carbons (Fsp3) is 0.533. The van der Waals surface area contributed by atoms with E-state index in [1.165, 1.54) is 0 Å². The number of alkyl halides is 1. The third-order valence-corrected chi connectivity index (χ3v) is 6.58. The van der Waals surface area contributed by atoms with E-state index < -0.39 is 12.4 Å². The van der Waals surface area contributed by atoms with Gasteiger partial charge in [0.05, 0.1) is 5.69 Å². The molecule has 116 valence electrons. The van der Waals surface area contributed by atoms with Crippen molar-refractivity contribution in [3.63, 3.8) is 0 Å². The molecule has 1 atom stereocenters. The molecule has 1 aromatic rings. The molecule has 0 saturated heterocycles. The van der Waals surface area contributed by atoms with E-state index in [1.54, 1.807) is 4.90 Å². The van der Waals surface area contributed by atoms with Gasteiger partial charge in [-0.2, -0.15) is 0 Å². The molecule has 0 saturated carbocycles. The second kappa shape index (κ2) is 6.14. The summed E-state index contributed by atoms with van der Waals surface area (Å²) in [5, 5.41) is 0. The molecule has 0 aliphatic carbocycles. The molecule has 0 spiro atoms. The Morgan fingerprint density at radius 1 is 1.33 bits per heavy atom. The number of benzene rings is 1. The number of hydrogen-bond acceptors (Lipinski definition) is 2. The molecule has 1 aliphatic heterocycles. The Morgan fingerprint density at radius 2 is 2.00 bits per heavy atom. The number of halogens is 2. The normalized spacial score (nSPS) is 21.8. The summed E-state index contributed by atoms with van der Waals surface area (Å²) in [6.45, 7) is 9.87. The predicted octanol–water partition coefficient (Wildman–Crippen LogP) is 4.72. The Hall–Kier alpha value is -0.173. The van der Waals surface area contributed by atoms with Gasteiger partial charge in [-0.25, -0.2) is 0 Å². The molecule has 6 heteroatoms. The zero-order valence-electron chi connectivity index (χ0n) is 12.9. The van der Waals surface area contributed by atoms with Gasteiger partial charge in [0.15, 0.2) is 0 Å². The fourth-order valence-electron chi connectivity index (χ4n) is 2.27. The van der Waals surface area contributed by atoms with Crippen LogP contribution in [0.5, 0.6) is 0 Å². The minimum atomic E-state index is -1.11. The minimum absolute atomic E-state index is 0.0311. The maximum atomic E-state index is 12.6. The van der Waals surface area contributed by atoms with Crippen molar-refractivity contribution in [2.45, 2.75) is 36.9 Å². The number of carbonyl (C=O) groups is 1. The van der Waals surface area contributed by atoms with Gasteiger partial charge in [-0.15, -0.1) is 0 Å². The summed E-state index contributed by atoms with van der Waals surface area (Å²) in [5.74, 6) is 0.0311. The van der Waals surface area contributed by atoms with Crippen molar-refractivity contribution in [2.75, 3.05) is 18.2 Å². The van der Waals surface area contributed by atoms with E-state index in [0.29, 0.717) is 13.3 Å². The topological polar surface area (TPSA) is 29.5 Å². The number of carbonyl (C=O) groups excluding carboxylic acids is 1. The van der Waals surface area contributed by atoms with Crippen LogP contribution in [0.2, 0.25) is 25.7 Å². The Labute approximate surface area is 144 Å². The quantitative estimate of drug-likeness (QED) is 0.381. The summed E-state index contributed by atoms with van der Waals surface area (Å²) in [4.78, 5) is 14.3. The number of ether oxygens (including phenoxy) is 1. The Morgan fingerprint density at radius 3 is 2.62 bits per heavy atom. The lowest BCUT2D eigenvalue weighted by Crippen LogP contribution is -2.36. The third-order valence-electron chi connectivity index (χ3n) is 3.62. The lowest BCUT2D eigenvalue weighted by molar-refractivity contribution is -0.120. The van der Waals surface area contributed by atoms with Gasteiger partial charge in [-0.3, -0.25) is 9.69 Å². The van der Waals surface area contributed by atoms with Crippen LogP contribution in [0, 0.1) is 0 Å². The number of amides is 1. The van der Waals surface area contributed by atoms with E-state index in [-0.39, 0.29) is 5.91 Å². The number of fused-ring (bicyclic) bond motifs is 1. The van der Waals surface area contributed by atoms with E-state index in [1.807, 2.05) is 25.1 Å². The number of rotatable bonds is 5. The summed E-state index contributed by atoms with van der Waals surface area (Å²) < 4.78 is 6.06. The maximum Gasteiger partial charge on any atom is 0.250 e. The lowest BCUT2D eigenvalue weighted by Gasteiger charge is -2.21. The smallest absolute Gasteiger partial charge is 0.250 e. The van der Waals surface area contributed by atoms with Crippen LogP contribution < -0.4 is 4.90 Å². The Kier molecular flexibility index (Phi) is 5.03. The maximum absolute atomic E-state index is 12.6. The summed E-state index contributed by atoms with van der Waals surface area (Å²) >= 11 is 7.03. The number of hydrogen-bond donors (Lipinski definition) is 0. The van der Waals surface area contributed by atoms with Gasteiger partial charge in [-0.1, -0.05) is 57.6 Å². The molecule has 21 heavy (non-hydrogen) atoms. The van der Waals surface area contributed by atoms with E-state index in [4.69, 9.17) is 4.74 Å². The molecule has 3 nitrogen and oxygen atoms in total. The molecule has 1 amide bonds. The highest BCUT2D eigenvalue weighted by Gasteiger charge is 2.45. The van der Waals surface area contributed by atoms with Gasteiger partial charge in [0, 0.05) is 24.7 Å². The highest BCUT2D eigenvalue weighted by Crippen LogP contribution is 2.46. The first-order chi connectivity index (χ1) is 9.63. The number of nitrogens with zero attached hydrogens (tertiary/aromatic N) is 1. The van der Waals surface area contributed by atoms with Crippen LogP contribution in [0.1, 0.15) is 12.5 Å². The van der Waals surface area contributed by atoms with Crippen LogP contribution in [-0.2, 0) is 13.9 Å². The first-order valence-electron chi connectivity index (χ1n) is 7.01. The van der Waals surface area contributed by atoms with Crippen LogP contribution in [0.25, 0.3) is 0 Å². The number of anilines is 1. The summed E-state index contributed by atoms with van der Waals surface area (Å²) in [7, 11) is -1.11. The van der Waals surface area contributed by atoms with Crippen LogP contribution >= 0.6 is 31.9 Å². The molecular formula is C15H21Br2NO2Si. The monoisotopic (exact) mass is 433 g/mol. The van der Waals surface area contributed by atoms with Crippen LogP contribution in [0.3, 0.4) is 0 Å².